The number of piperidine rings is 1. The summed E-state index contributed by atoms with van der Waals surface area (Å²) in [7, 11) is 1.72. The van der Waals surface area contributed by atoms with Gasteiger partial charge in [0.15, 0.2) is 0 Å². The number of aliphatic carboxylic acids is 1. The van der Waals surface area contributed by atoms with Gasteiger partial charge in [-0.2, -0.15) is 0 Å². The number of hydrogen-bond donors (Lipinski definition) is 1. The Kier molecular flexibility index (Phi) is 5.77. The molecule has 94 valence electrons. The summed E-state index contributed by atoms with van der Waals surface area (Å²) in [6.45, 7) is 4.06. The maximum atomic E-state index is 10.6. The van der Waals surface area contributed by atoms with Crippen LogP contribution in [0, 0.1) is 0 Å². The average Bonchev–Trinajstić information content (AvgIpc) is 2.27. The summed E-state index contributed by atoms with van der Waals surface area (Å²) in [4.78, 5) is 13.0. The van der Waals surface area contributed by atoms with E-state index in [1.807, 2.05) is 0 Å². The van der Waals surface area contributed by atoms with Gasteiger partial charge in [0.05, 0.1) is 6.10 Å². The molecule has 1 fully saturated rings. The Morgan fingerprint density at radius 3 is 2.94 bits per heavy atom. The third-order valence-electron chi connectivity index (χ3n) is 3.33. The number of nitrogens with zero attached hydrogens (tertiary/aromatic N) is 1. The molecule has 4 nitrogen and oxygen atoms in total. The molecule has 0 aromatic carbocycles. The summed E-state index contributed by atoms with van der Waals surface area (Å²) < 4.78 is 5.27. The van der Waals surface area contributed by atoms with Crippen molar-refractivity contribution in [2.75, 3.05) is 20.2 Å². The molecule has 0 radical (unpaired) electrons. The molecular weight excluding hydrogens is 206 g/mol. The van der Waals surface area contributed by atoms with Crippen LogP contribution in [0.1, 0.15) is 39.0 Å². The highest BCUT2D eigenvalue weighted by Crippen LogP contribution is 2.21. The van der Waals surface area contributed by atoms with Crippen LogP contribution in [0.5, 0.6) is 0 Å². The van der Waals surface area contributed by atoms with Gasteiger partial charge in [-0.3, -0.25) is 9.69 Å². The molecule has 1 saturated heterocycles. The molecule has 0 aliphatic carbocycles. The predicted octanol–water partition coefficient (Wildman–Crippen LogP) is 1.74. The molecule has 1 aliphatic rings. The van der Waals surface area contributed by atoms with Gasteiger partial charge < -0.3 is 9.84 Å². The highest BCUT2D eigenvalue weighted by Gasteiger charge is 2.23. The Morgan fingerprint density at radius 2 is 2.31 bits per heavy atom. The Balaban J connectivity index is 2.40. The van der Waals surface area contributed by atoms with Gasteiger partial charge in [0.25, 0.3) is 0 Å². The first-order valence-corrected chi connectivity index (χ1v) is 6.12. The maximum absolute atomic E-state index is 10.6. The number of hydrogen-bond acceptors (Lipinski definition) is 3. The zero-order valence-corrected chi connectivity index (χ0v) is 10.3. The minimum Gasteiger partial charge on any atom is -0.481 e. The summed E-state index contributed by atoms with van der Waals surface area (Å²) in [6, 6.07) is 0.433. The largest absolute Gasteiger partial charge is 0.481 e. The maximum Gasteiger partial charge on any atom is 0.303 e. The molecule has 0 bridgehead atoms. The Hall–Kier alpha value is -0.610. The van der Waals surface area contributed by atoms with Crippen molar-refractivity contribution in [3.05, 3.63) is 0 Å². The van der Waals surface area contributed by atoms with Gasteiger partial charge in [-0.15, -0.1) is 0 Å². The highest BCUT2D eigenvalue weighted by molar-refractivity contribution is 5.66. The molecule has 0 spiro atoms. The smallest absolute Gasteiger partial charge is 0.303 e. The standard InChI is InChI=1S/C12H23NO3/c1-10(16-2)9-13-8-4-3-5-11(13)6-7-12(14)15/h10-11H,3-9H2,1-2H3,(H,14,15). The van der Waals surface area contributed by atoms with Crippen LogP contribution in [0.3, 0.4) is 0 Å². The van der Waals surface area contributed by atoms with E-state index in [2.05, 4.69) is 11.8 Å². The second-order valence-corrected chi connectivity index (χ2v) is 4.62. The van der Waals surface area contributed by atoms with E-state index in [-0.39, 0.29) is 12.5 Å². The molecule has 1 aliphatic heterocycles. The molecule has 16 heavy (non-hydrogen) atoms. The highest BCUT2D eigenvalue weighted by atomic mass is 16.5. The summed E-state index contributed by atoms with van der Waals surface area (Å²) in [5.41, 5.74) is 0. The van der Waals surface area contributed by atoms with Crippen molar-refractivity contribution in [2.24, 2.45) is 0 Å². The van der Waals surface area contributed by atoms with E-state index < -0.39 is 5.97 Å². The molecule has 1 N–H and O–H groups in total. The molecule has 1 heterocycles. The Labute approximate surface area is 97.6 Å². The molecule has 0 aromatic rings. The van der Waals surface area contributed by atoms with Crippen molar-refractivity contribution in [3.63, 3.8) is 0 Å². The van der Waals surface area contributed by atoms with Crippen LogP contribution in [-0.2, 0) is 9.53 Å². The zero-order chi connectivity index (χ0) is 12.0. The van der Waals surface area contributed by atoms with Gasteiger partial charge in [0, 0.05) is 26.1 Å². The number of rotatable bonds is 6. The first-order valence-electron chi connectivity index (χ1n) is 6.12. The number of carboxylic acids is 1. The Morgan fingerprint density at radius 1 is 1.56 bits per heavy atom. The number of carboxylic acid groups (broad SMARTS) is 1. The van der Waals surface area contributed by atoms with Crippen LogP contribution in [-0.4, -0.2) is 48.3 Å². The van der Waals surface area contributed by atoms with E-state index in [0.717, 1.165) is 25.9 Å². The van der Waals surface area contributed by atoms with Crippen molar-refractivity contribution >= 4 is 5.97 Å². The molecule has 0 saturated carbocycles. The predicted molar refractivity (Wildman–Crippen MR) is 62.6 cm³/mol. The number of likely N-dealkylation sites (tertiary alicyclic amines) is 1. The number of methoxy groups -OCH3 is 1. The van der Waals surface area contributed by atoms with E-state index in [1.54, 1.807) is 7.11 Å². The van der Waals surface area contributed by atoms with Crippen LogP contribution < -0.4 is 0 Å². The van der Waals surface area contributed by atoms with Crippen LogP contribution in [0.4, 0.5) is 0 Å². The third-order valence-corrected chi connectivity index (χ3v) is 3.33. The molecule has 0 amide bonds. The van der Waals surface area contributed by atoms with Crippen molar-refractivity contribution in [3.8, 4) is 0 Å². The van der Waals surface area contributed by atoms with E-state index in [4.69, 9.17) is 9.84 Å². The van der Waals surface area contributed by atoms with Gasteiger partial charge in [0.2, 0.25) is 0 Å². The van der Waals surface area contributed by atoms with Gasteiger partial charge in [-0.05, 0) is 32.7 Å². The van der Waals surface area contributed by atoms with Crippen molar-refractivity contribution in [2.45, 2.75) is 51.2 Å². The minimum atomic E-state index is -0.690. The fraction of sp³-hybridized carbons (Fsp3) is 0.917. The topological polar surface area (TPSA) is 49.8 Å². The fourth-order valence-corrected chi connectivity index (χ4v) is 2.32. The van der Waals surface area contributed by atoms with Gasteiger partial charge >= 0.3 is 5.97 Å². The van der Waals surface area contributed by atoms with E-state index >= 15 is 0 Å². The summed E-state index contributed by atoms with van der Waals surface area (Å²) in [6.07, 6.45) is 4.85. The first-order chi connectivity index (χ1) is 7.63. The van der Waals surface area contributed by atoms with Crippen molar-refractivity contribution in [1.82, 2.24) is 4.90 Å². The molecule has 2 atom stereocenters. The summed E-state index contributed by atoms with van der Waals surface area (Å²) in [5, 5.41) is 8.72. The molecule has 4 heteroatoms. The summed E-state index contributed by atoms with van der Waals surface area (Å²) in [5.74, 6) is -0.690. The average molecular weight is 229 g/mol. The lowest BCUT2D eigenvalue weighted by molar-refractivity contribution is -0.137. The monoisotopic (exact) mass is 229 g/mol. The van der Waals surface area contributed by atoms with Gasteiger partial charge in [-0.25, -0.2) is 0 Å². The fourth-order valence-electron chi connectivity index (χ4n) is 2.32. The van der Waals surface area contributed by atoms with E-state index in [0.29, 0.717) is 6.04 Å². The van der Waals surface area contributed by atoms with Gasteiger partial charge in [-0.1, -0.05) is 6.42 Å². The first kappa shape index (κ1) is 13.5. The van der Waals surface area contributed by atoms with Gasteiger partial charge in [0.1, 0.15) is 0 Å². The van der Waals surface area contributed by atoms with Crippen LogP contribution in [0.2, 0.25) is 0 Å². The van der Waals surface area contributed by atoms with E-state index in [9.17, 15) is 4.79 Å². The molecule has 2 unspecified atom stereocenters. The lowest BCUT2D eigenvalue weighted by Gasteiger charge is -2.36. The number of carbonyl (C=O) groups is 1. The van der Waals surface area contributed by atoms with Crippen LogP contribution >= 0.6 is 0 Å². The second-order valence-electron chi connectivity index (χ2n) is 4.62. The SMILES string of the molecule is COC(C)CN1CCCCC1CCC(=O)O. The molecule has 1 rings (SSSR count). The minimum absolute atomic E-state index is 0.227. The Bertz CT molecular complexity index is 220. The molecule has 0 aromatic heterocycles. The normalized spacial score (nSPS) is 24.2. The van der Waals surface area contributed by atoms with Crippen molar-refractivity contribution < 1.29 is 14.6 Å². The van der Waals surface area contributed by atoms with E-state index in [1.165, 1.54) is 12.8 Å². The summed E-state index contributed by atoms with van der Waals surface area (Å²) >= 11 is 0. The van der Waals surface area contributed by atoms with Crippen LogP contribution in [0.15, 0.2) is 0 Å². The van der Waals surface area contributed by atoms with Crippen LogP contribution in [0.25, 0.3) is 0 Å². The number of ether oxygens (including phenoxy) is 1. The third kappa shape index (κ3) is 4.49. The quantitative estimate of drug-likeness (QED) is 0.753. The lowest BCUT2D eigenvalue weighted by atomic mass is 9.97. The van der Waals surface area contributed by atoms with Crippen molar-refractivity contribution in [1.29, 1.82) is 0 Å². The molecular formula is C12H23NO3. The second kappa shape index (κ2) is 6.86. The zero-order valence-electron chi connectivity index (χ0n) is 10.3. The lowest BCUT2D eigenvalue weighted by Crippen LogP contribution is -2.43.